The Balaban J connectivity index is 2.26. The van der Waals surface area contributed by atoms with Crippen molar-refractivity contribution in [3.63, 3.8) is 0 Å². The summed E-state index contributed by atoms with van der Waals surface area (Å²) in [6, 6.07) is 0.458. The van der Waals surface area contributed by atoms with Gasteiger partial charge in [0.25, 0.3) is 0 Å². The van der Waals surface area contributed by atoms with Crippen LogP contribution < -0.4 is 10.6 Å². The van der Waals surface area contributed by atoms with Crippen LogP contribution >= 0.6 is 0 Å². The number of ether oxygens (including phenoxy) is 2. The topological polar surface area (TPSA) is 59.6 Å². The summed E-state index contributed by atoms with van der Waals surface area (Å²) < 4.78 is 10.2. The van der Waals surface area contributed by atoms with Crippen LogP contribution in [0, 0.1) is 0 Å². The molecule has 0 spiro atoms. The molecule has 1 aliphatic heterocycles. The zero-order valence-electron chi connectivity index (χ0n) is 10.5. The van der Waals surface area contributed by atoms with Crippen molar-refractivity contribution in [2.45, 2.75) is 44.9 Å². The molecule has 0 aliphatic carbocycles. The Morgan fingerprint density at radius 1 is 1.50 bits per heavy atom. The van der Waals surface area contributed by atoms with Crippen LogP contribution in [0.2, 0.25) is 0 Å². The molecular weight excluding hydrogens is 208 g/mol. The summed E-state index contributed by atoms with van der Waals surface area (Å²) in [7, 11) is 1.68. The normalized spacial score (nSPS) is 25.5. The molecule has 5 nitrogen and oxygen atoms in total. The van der Waals surface area contributed by atoms with Gasteiger partial charge in [0.15, 0.2) is 0 Å². The predicted octanol–water partition coefficient (Wildman–Crippen LogP) is 0.888. The maximum absolute atomic E-state index is 11.5. The van der Waals surface area contributed by atoms with Gasteiger partial charge in [-0.3, -0.25) is 0 Å². The first-order chi connectivity index (χ1) is 7.40. The van der Waals surface area contributed by atoms with E-state index in [4.69, 9.17) is 9.47 Å². The van der Waals surface area contributed by atoms with Crippen LogP contribution in [0.15, 0.2) is 0 Å². The summed E-state index contributed by atoms with van der Waals surface area (Å²) in [6.45, 7) is 7.01. The first-order valence-electron chi connectivity index (χ1n) is 5.62. The third-order valence-corrected chi connectivity index (χ3v) is 2.31. The van der Waals surface area contributed by atoms with Crippen molar-refractivity contribution in [3.05, 3.63) is 0 Å². The molecule has 1 rings (SSSR count). The summed E-state index contributed by atoms with van der Waals surface area (Å²) in [5, 5.41) is 6.13. The molecule has 1 aliphatic rings. The molecule has 16 heavy (non-hydrogen) atoms. The minimum atomic E-state index is -0.442. The minimum Gasteiger partial charge on any atom is -0.444 e. The fourth-order valence-electron chi connectivity index (χ4n) is 1.73. The van der Waals surface area contributed by atoms with Crippen LogP contribution in [0.25, 0.3) is 0 Å². The summed E-state index contributed by atoms with van der Waals surface area (Å²) in [5.41, 5.74) is -0.442. The van der Waals surface area contributed by atoms with Crippen molar-refractivity contribution < 1.29 is 14.3 Å². The predicted molar refractivity (Wildman–Crippen MR) is 61.4 cm³/mol. The van der Waals surface area contributed by atoms with Crippen LogP contribution in [-0.2, 0) is 9.47 Å². The minimum absolute atomic E-state index is 0.134. The molecule has 5 heteroatoms. The number of alkyl carbamates (subject to hydrolysis) is 1. The standard InChI is InChI=1S/C11H22N2O3/c1-11(2,3)16-10(14)13-8-5-9(7-15-4)12-6-8/h8-9,12H,5-7H2,1-4H3,(H,13,14)/t8-,9-/m1/s1. The van der Waals surface area contributed by atoms with Crippen molar-refractivity contribution in [1.82, 2.24) is 10.6 Å². The number of rotatable bonds is 3. The van der Waals surface area contributed by atoms with Crippen LogP contribution in [-0.4, -0.2) is 44.0 Å². The van der Waals surface area contributed by atoms with Gasteiger partial charge < -0.3 is 20.1 Å². The molecular formula is C11H22N2O3. The Kier molecular flexibility index (Phi) is 4.56. The van der Waals surface area contributed by atoms with Crippen LogP contribution in [0.5, 0.6) is 0 Å². The Morgan fingerprint density at radius 2 is 2.19 bits per heavy atom. The van der Waals surface area contributed by atoms with Gasteiger partial charge in [-0.2, -0.15) is 0 Å². The highest BCUT2D eigenvalue weighted by Crippen LogP contribution is 2.10. The monoisotopic (exact) mass is 230 g/mol. The number of carbonyl (C=O) groups is 1. The third kappa shape index (κ3) is 4.81. The average Bonchev–Trinajstić information content (AvgIpc) is 2.49. The van der Waals surface area contributed by atoms with E-state index in [0.29, 0.717) is 12.6 Å². The molecule has 94 valence electrons. The number of hydrogen-bond acceptors (Lipinski definition) is 4. The van der Waals surface area contributed by atoms with Crippen LogP contribution in [0.4, 0.5) is 4.79 Å². The molecule has 2 atom stereocenters. The van der Waals surface area contributed by atoms with Crippen molar-refractivity contribution in [3.8, 4) is 0 Å². The first-order valence-corrected chi connectivity index (χ1v) is 5.62. The average molecular weight is 230 g/mol. The van der Waals surface area contributed by atoms with Crippen molar-refractivity contribution in [2.24, 2.45) is 0 Å². The van der Waals surface area contributed by atoms with Crippen LogP contribution in [0.3, 0.4) is 0 Å². The van der Waals surface area contributed by atoms with E-state index in [1.54, 1.807) is 7.11 Å². The maximum Gasteiger partial charge on any atom is 0.407 e. The molecule has 0 bridgehead atoms. The van der Waals surface area contributed by atoms with E-state index in [1.807, 2.05) is 20.8 Å². The lowest BCUT2D eigenvalue weighted by atomic mass is 10.2. The number of hydrogen-bond donors (Lipinski definition) is 2. The van der Waals surface area contributed by atoms with Crippen molar-refractivity contribution >= 4 is 6.09 Å². The summed E-state index contributed by atoms with van der Waals surface area (Å²) >= 11 is 0. The van der Waals surface area contributed by atoms with Gasteiger partial charge in [0.1, 0.15) is 5.60 Å². The molecule has 0 radical (unpaired) electrons. The molecule has 1 saturated heterocycles. The summed E-state index contributed by atoms with van der Waals surface area (Å²) in [6.07, 6.45) is 0.532. The lowest BCUT2D eigenvalue weighted by Gasteiger charge is -2.21. The van der Waals surface area contributed by atoms with Gasteiger partial charge in [-0.25, -0.2) is 4.79 Å². The Labute approximate surface area is 96.9 Å². The molecule has 2 N–H and O–H groups in total. The largest absolute Gasteiger partial charge is 0.444 e. The Morgan fingerprint density at radius 3 is 2.75 bits per heavy atom. The maximum atomic E-state index is 11.5. The van der Waals surface area contributed by atoms with Gasteiger partial charge in [-0.1, -0.05) is 0 Å². The van der Waals surface area contributed by atoms with E-state index in [-0.39, 0.29) is 12.1 Å². The van der Waals surface area contributed by atoms with Gasteiger partial charge in [-0.05, 0) is 27.2 Å². The quantitative estimate of drug-likeness (QED) is 0.756. The van der Waals surface area contributed by atoms with Crippen molar-refractivity contribution in [1.29, 1.82) is 0 Å². The number of methoxy groups -OCH3 is 1. The highest BCUT2D eigenvalue weighted by atomic mass is 16.6. The second kappa shape index (κ2) is 5.50. The summed E-state index contributed by atoms with van der Waals surface area (Å²) in [4.78, 5) is 11.5. The lowest BCUT2D eigenvalue weighted by molar-refractivity contribution is 0.0507. The number of carbonyl (C=O) groups excluding carboxylic acids is 1. The Bertz CT molecular complexity index is 238. The number of nitrogens with one attached hydrogen (secondary N) is 2. The van der Waals surface area contributed by atoms with Gasteiger partial charge in [0.2, 0.25) is 0 Å². The number of amides is 1. The Hall–Kier alpha value is -0.810. The first kappa shape index (κ1) is 13.3. The van der Waals surface area contributed by atoms with Gasteiger partial charge in [0, 0.05) is 25.7 Å². The third-order valence-electron chi connectivity index (χ3n) is 2.31. The van der Waals surface area contributed by atoms with Gasteiger partial charge in [0.05, 0.1) is 6.61 Å². The SMILES string of the molecule is COC[C@H]1C[C@@H](NC(=O)OC(C)(C)C)CN1. The second-order valence-corrected chi connectivity index (χ2v) is 5.14. The van der Waals surface area contributed by atoms with E-state index in [2.05, 4.69) is 10.6 Å². The highest BCUT2D eigenvalue weighted by molar-refractivity contribution is 5.68. The molecule has 0 aromatic carbocycles. The van der Waals surface area contributed by atoms with E-state index in [9.17, 15) is 4.79 Å². The highest BCUT2D eigenvalue weighted by Gasteiger charge is 2.26. The van der Waals surface area contributed by atoms with E-state index in [1.165, 1.54) is 0 Å². The molecule has 1 heterocycles. The lowest BCUT2D eigenvalue weighted by Crippen LogP contribution is -2.40. The smallest absolute Gasteiger partial charge is 0.407 e. The fraction of sp³-hybridized carbons (Fsp3) is 0.909. The van der Waals surface area contributed by atoms with E-state index in [0.717, 1.165) is 13.0 Å². The summed E-state index contributed by atoms with van der Waals surface area (Å²) in [5.74, 6) is 0. The molecule has 0 saturated carbocycles. The molecule has 1 fully saturated rings. The van der Waals surface area contributed by atoms with E-state index >= 15 is 0 Å². The zero-order valence-corrected chi connectivity index (χ0v) is 10.5. The molecule has 0 aromatic rings. The molecule has 0 aromatic heterocycles. The van der Waals surface area contributed by atoms with Crippen molar-refractivity contribution in [2.75, 3.05) is 20.3 Å². The van der Waals surface area contributed by atoms with Gasteiger partial charge in [-0.15, -0.1) is 0 Å². The fourth-order valence-corrected chi connectivity index (χ4v) is 1.73. The molecule has 0 unspecified atom stereocenters. The van der Waals surface area contributed by atoms with E-state index < -0.39 is 5.60 Å². The second-order valence-electron chi connectivity index (χ2n) is 5.14. The van der Waals surface area contributed by atoms with Crippen LogP contribution in [0.1, 0.15) is 27.2 Å². The zero-order chi connectivity index (χ0) is 12.2. The van der Waals surface area contributed by atoms with Gasteiger partial charge >= 0.3 is 6.09 Å². The molecule has 1 amide bonds.